The van der Waals surface area contributed by atoms with Gasteiger partial charge in [-0.05, 0) is 43.0 Å². The highest BCUT2D eigenvalue weighted by atomic mass is 16.2. The molecule has 2 amide bonds. The number of likely N-dealkylation sites (N-methyl/N-ethyl adjacent to an activating group) is 1. The number of pyridine rings is 1. The first kappa shape index (κ1) is 19.1. The molecule has 2 aliphatic rings. The highest BCUT2D eigenvalue weighted by molar-refractivity contribution is 5.89. The average molecular weight is 390 g/mol. The highest BCUT2D eigenvalue weighted by Crippen LogP contribution is 2.33. The zero-order valence-electron chi connectivity index (χ0n) is 16.9. The SMILES string of the molecule is C[C@@H]1CCN(C(=O)Nc2cccc(C#N)c2)CC1N(C)c1ccnc2c1CCN2. The molecule has 0 bridgehead atoms. The number of fused-ring (bicyclic) bond motifs is 1. The maximum atomic E-state index is 12.9. The Bertz CT molecular complexity index is 953. The molecule has 1 aromatic carbocycles. The third-order valence-electron chi connectivity index (χ3n) is 6.02. The Labute approximate surface area is 171 Å². The van der Waals surface area contributed by atoms with E-state index < -0.39 is 0 Å². The van der Waals surface area contributed by atoms with Gasteiger partial charge in [0.05, 0.1) is 11.6 Å². The largest absolute Gasteiger partial charge is 0.369 e. The van der Waals surface area contributed by atoms with E-state index in [0.717, 1.165) is 31.7 Å². The zero-order chi connectivity index (χ0) is 20.4. The van der Waals surface area contributed by atoms with Gasteiger partial charge in [0, 0.05) is 55.9 Å². The number of carbonyl (C=O) groups is 1. The smallest absolute Gasteiger partial charge is 0.321 e. The Hall–Kier alpha value is -3.27. The number of nitriles is 1. The Morgan fingerprint density at radius 3 is 3.10 bits per heavy atom. The van der Waals surface area contributed by atoms with Crippen LogP contribution in [-0.4, -0.2) is 48.6 Å². The minimum atomic E-state index is -0.119. The number of rotatable bonds is 3. The van der Waals surface area contributed by atoms with Crippen molar-refractivity contribution in [2.75, 3.05) is 42.2 Å². The number of likely N-dealkylation sites (tertiary alicyclic amines) is 1. The molecule has 7 heteroatoms. The van der Waals surface area contributed by atoms with Crippen LogP contribution in [0.15, 0.2) is 36.5 Å². The van der Waals surface area contributed by atoms with Crippen molar-refractivity contribution in [3.63, 3.8) is 0 Å². The molecule has 0 saturated carbocycles. The summed E-state index contributed by atoms with van der Waals surface area (Å²) in [6.07, 6.45) is 3.78. The molecule has 1 fully saturated rings. The summed E-state index contributed by atoms with van der Waals surface area (Å²) in [5.41, 5.74) is 3.64. The van der Waals surface area contributed by atoms with Crippen LogP contribution in [0.2, 0.25) is 0 Å². The van der Waals surface area contributed by atoms with Crippen molar-refractivity contribution in [1.82, 2.24) is 9.88 Å². The van der Waals surface area contributed by atoms with Gasteiger partial charge in [0.2, 0.25) is 0 Å². The summed E-state index contributed by atoms with van der Waals surface area (Å²) in [6, 6.07) is 11.3. The van der Waals surface area contributed by atoms with Crippen molar-refractivity contribution in [1.29, 1.82) is 5.26 Å². The standard InChI is InChI=1S/C22H26N6O/c1-15-8-11-28(22(29)26-17-5-3-4-16(12-17)13-23)14-20(15)27(2)19-7-10-25-21-18(19)6-9-24-21/h3-5,7,10,12,15,20H,6,8-9,11,14H2,1-2H3,(H,24,25)(H,26,29)/t15-,20?/m1/s1. The molecular weight excluding hydrogens is 364 g/mol. The molecule has 1 unspecified atom stereocenters. The third kappa shape index (κ3) is 3.83. The fraction of sp³-hybridized carbons (Fsp3) is 0.409. The van der Waals surface area contributed by atoms with Gasteiger partial charge in [0.15, 0.2) is 0 Å². The van der Waals surface area contributed by atoms with Gasteiger partial charge in [-0.25, -0.2) is 9.78 Å². The van der Waals surface area contributed by atoms with Gasteiger partial charge < -0.3 is 20.4 Å². The molecule has 150 valence electrons. The van der Waals surface area contributed by atoms with Crippen LogP contribution >= 0.6 is 0 Å². The molecule has 3 heterocycles. The molecule has 2 atom stereocenters. The number of anilines is 3. The number of nitrogens with one attached hydrogen (secondary N) is 2. The van der Waals surface area contributed by atoms with Crippen molar-refractivity contribution < 1.29 is 4.79 Å². The second-order valence-electron chi connectivity index (χ2n) is 7.85. The predicted molar refractivity (Wildman–Crippen MR) is 114 cm³/mol. The van der Waals surface area contributed by atoms with Crippen molar-refractivity contribution in [3.8, 4) is 6.07 Å². The fourth-order valence-electron chi connectivity index (χ4n) is 4.30. The minimum absolute atomic E-state index is 0.119. The molecule has 2 aliphatic heterocycles. The van der Waals surface area contributed by atoms with Gasteiger partial charge in [0.25, 0.3) is 0 Å². The lowest BCUT2D eigenvalue weighted by Gasteiger charge is -2.43. The highest BCUT2D eigenvalue weighted by Gasteiger charge is 2.33. The minimum Gasteiger partial charge on any atom is -0.369 e. The Balaban J connectivity index is 1.49. The molecule has 1 saturated heterocycles. The number of aromatic nitrogens is 1. The number of benzene rings is 1. The summed E-state index contributed by atoms with van der Waals surface area (Å²) < 4.78 is 0. The number of nitrogens with zero attached hydrogens (tertiary/aromatic N) is 4. The van der Waals surface area contributed by atoms with Crippen molar-refractivity contribution in [2.24, 2.45) is 5.92 Å². The molecular formula is C22H26N6O. The van der Waals surface area contributed by atoms with E-state index in [2.05, 4.69) is 46.6 Å². The van der Waals surface area contributed by atoms with Crippen LogP contribution in [0, 0.1) is 17.2 Å². The van der Waals surface area contributed by atoms with E-state index in [9.17, 15) is 4.79 Å². The third-order valence-corrected chi connectivity index (χ3v) is 6.02. The summed E-state index contributed by atoms with van der Waals surface area (Å²) in [5.74, 6) is 1.45. The van der Waals surface area contributed by atoms with Crippen molar-refractivity contribution in [2.45, 2.75) is 25.8 Å². The fourth-order valence-corrected chi connectivity index (χ4v) is 4.30. The maximum Gasteiger partial charge on any atom is 0.321 e. The summed E-state index contributed by atoms with van der Waals surface area (Å²) in [6.45, 7) is 4.56. The summed E-state index contributed by atoms with van der Waals surface area (Å²) >= 11 is 0. The first-order valence-electron chi connectivity index (χ1n) is 10.1. The normalized spacial score (nSPS) is 20.4. The van der Waals surface area contributed by atoms with E-state index in [4.69, 9.17) is 5.26 Å². The van der Waals surface area contributed by atoms with Crippen LogP contribution in [0.1, 0.15) is 24.5 Å². The quantitative estimate of drug-likeness (QED) is 0.840. The van der Waals surface area contributed by atoms with Crippen molar-refractivity contribution >= 4 is 23.2 Å². The molecule has 29 heavy (non-hydrogen) atoms. The first-order valence-corrected chi connectivity index (χ1v) is 10.1. The van der Waals surface area contributed by atoms with Crippen LogP contribution in [-0.2, 0) is 6.42 Å². The van der Waals surface area contributed by atoms with E-state index >= 15 is 0 Å². The van der Waals surface area contributed by atoms with Gasteiger partial charge >= 0.3 is 6.03 Å². The number of piperidine rings is 1. The van der Waals surface area contributed by atoms with Crippen LogP contribution in [0.3, 0.4) is 0 Å². The second-order valence-corrected chi connectivity index (χ2v) is 7.85. The van der Waals surface area contributed by atoms with E-state index in [1.54, 1.807) is 18.2 Å². The van der Waals surface area contributed by atoms with Crippen LogP contribution < -0.4 is 15.5 Å². The molecule has 1 aromatic heterocycles. The summed E-state index contributed by atoms with van der Waals surface area (Å²) in [5, 5.41) is 15.3. The number of hydrogen-bond acceptors (Lipinski definition) is 5. The van der Waals surface area contributed by atoms with Crippen molar-refractivity contribution in [3.05, 3.63) is 47.7 Å². The van der Waals surface area contributed by atoms with E-state index in [1.165, 1.54) is 11.3 Å². The van der Waals surface area contributed by atoms with E-state index in [0.29, 0.717) is 23.7 Å². The zero-order valence-corrected chi connectivity index (χ0v) is 16.9. The average Bonchev–Trinajstić information content (AvgIpc) is 3.22. The van der Waals surface area contributed by atoms with Crippen LogP contribution in [0.5, 0.6) is 0 Å². The topological polar surface area (TPSA) is 84.3 Å². The summed E-state index contributed by atoms with van der Waals surface area (Å²) in [4.78, 5) is 21.5. The molecule has 0 radical (unpaired) electrons. The number of hydrogen-bond donors (Lipinski definition) is 2. The van der Waals surface area contributed by atoms with Gasteiger partial charge in [-0.15, -0.1) is 0 Å². The lowest BCUT2D eigenvalue weighted by molar-refractivity contribution is 0.172. The second kappa shape index (κ2) is 8.00. The Morgan fingerprint density at radius 1 is 1.41 bits per heavy atom. The molecule has 0 aliphatic carbocycles. The number of amides is 2. The molecule has 2 N–H and O–H groups in total. The monoisotopic (exact) mass is 390 g/mol. The molecule has 2 aromatic rings. The lowest BCUT2D eigenvalue weighted by atomic mass is 9.92. The van der Waals surface area contributed by atoms with Gasteiger partial charge in [0.1, 0.15) is 5.82 Å². The molecule has 7 nitrogen and oxygen atoms in total. The van der Waals surface area contributed by atoms with Crippen LogP contribution in [0.4, 0.5) is 22.0 Å². The van der Waals surface area contributed by atoms with E-state index in [-0.39, 0.29) is 12.1 Å². The van der Waals surface area contributed by atoms with E-state index in [1.807, 2.05) is 17.2 Å². The van der Waals surface area contributed by atoms with Gasteiger partial charge in [-0.2, -0.15) is 5.26 Å². The lowest BCUT2D eigenvalue weighted by Crippen LogP contribution is -2.53. The molecule has 4 rings (SSSR count). The predicted octanol–water partition coefficient (Wildman–Crippen LogP) is 3.30. The molecule has 0 spiro atoms. The Morgan fingerprint density at radius 2 is 2.28 bits per heavy atom. The number of carbonyl (C=O) groups excluding carboxylic acids is 1. The van der Waals surface area contributed by atoms with Gasteiger partial charge in [-0.3, -0.25) is 0 Å². The van der Waals surface area contributed by atoms with Crippen LogP contribution in [0.25, 0.3) is 0 Å². The maximum absolute atomic E-state index is 12.9. The number of urea groups is 1. The summed E-state index contributed by atoms with van der Waals surface area (Å²) in [7, 11) is 2.12. The van der Waals surface area contributed by atoms with Gasteiger partial charge in [-0.1, -0.05) is 13.0 Å². The Kier molecular flexibility index (Phi) is 5.26. The first-order chi connectivity index (χ1) is 14.1.